The number of hydrogen-bond donors (Lipinski definition) is 1. The third-order valence-corrected chi connectivity index (χ3v) is 4.83. The quantitative estimate of drug-likeness (QED) is 0.702. The summed E-state index contributed by atoms with van der Waals surface area (Å²) in [5, 5.41) is 4.04. The van der Waals surface area contributed by atoms with Gasteiger partial charge in [0, 0.05) is 17.3 Å². The minimum Gasteiger partial charge on any atom is -0.360 e. The standard InChI is InChI=1S/C21H18ClN3O/c1-13-7-9-18(17(22)11-13)24-20-15-5-3-4-6-16(15)21(26)25(20)19-10-8-14(2)12-23-19/h3-12,20,24H,1-2H3. The molecule has 1 aliphatic heterocycles. The predicted molar refractivity (Wildman–Crippen MR) is 105 cm³/mol. The Morgan fingerprint density at radius 3 is 2.54 bits per heavy atom. The van der Waals surface area contributed by atoms with Gasteiger partial charge in [-0.2, -0.15) is 0 Å². The number of aromatic nitrogens is 1. The van der Waals surface area contributed by atoms with Gasteiger partial charge in [0.05, 0.1) is 10.7 Å². The molecule has 1 unspecified atom stereocenters. The van der Waals surface area contributed by atoms with Crippen LogP contribution < -0.4 is 10.2 Å². The first-order chi connectivity index (χ1) is 12.5. The molecule has 2 aromatic carbocycles. The number of halogens is 1. The zero-order valence-corrected chi connectivity index (χ0v) is 15.3. The average Bonchev–Trinajstić information content (AvgIpc) is 2.91. The van der Waals surface area contributed by atoms with Crippen molar-refractivity contribution in [3.63, 3.8) is 0 Å². The lowest BCUT2D eigenvalue weighted by atomic mass is 10.1. The van der Waals surface area contributed by atoms with Crippen LogP contribution in [0.1, 0.15) is 33.2 Å². The van der Waals surface area contributed by atoms with Crippen LogP contribution in [0.25, 0.3) is 0 Å². The Kier molecular flexibility index (Phi) is 4.13. The number of amides is 1. The van der Waals surface area contributed by atoms with Gasteiger partial charge in [0.2, 0.25) is 0 Å². The van der Waals surface area contributed by atoms with Crippen LogP contribution in [0.15, 0.2) is 60.8 Å². The fourth-order valence-electron chi connectivity index (χ4n) is 3.18. The van der Waals surface area contributed by atoms with E-state index in [1.54, 1.807) is 11.1 Å². The Hall–Kier alpha value is -2.85. The zero-order chi connectivity index (χ0) is 18.3. The van der Waals surface area contributed by atoms with Crippen LogP contribution in [0.2, 0.25) is 5.02 Å². The van der Waals surface area contributed by atoms with Crippen molar-refractivity contribution >= 4 is 29.0 Å². The number of nitrogens with one attached hydrogen (secondary N) is 1. The predicted octanol–water partition coefficient (Wildman–Crippen LogP) is 5.12. The number of anilines is 2. The van der Waals surface area contributed by atoms with Gasteiger partial charge in [-0.15, -0.1) is 0 Å². The van der Waals surface area contributed by atoms with Crippen molar-refractivity contribution in [3.05, 3.63) is 88.1 Å². The Morgan fingerprint density at radius 2 is 1.81 bits per heavy atom. The number of fused-ring (bicyclic) bond motifs is 1. The molecule has 4 nitrogen and oxygen atoms in total. The largest absolute Gasteiger partial charge is 0.360 e. The average molecular weight is 364 g/mol. The van der Waals surface area contributed by atoms with E-state index in [9.17, 15) is 4.79 Å². The molecule has 0 fully saturated rings. The first-order valence-corrected chi connectivity index (χ1v) is 8.80. The first kappa shape index (κ1) is 16.6. The number of benzene rings is 2. The zero-order valence-electron chi connectivity index (χ0n) is 14.5. The number of rotatable bonds is 3. The van der Waals surface area contributed by atoms with Crippen LogP contribution in [-0.4, -0.2) is 10.9 Å². The summed E-state index contributed by atoms with van der Waals surface area (Å²) >= 11 is 6.40. The number of carbonyl (C=O) groups excluding carboxylic acids is 1. The maximum atomic E-state index is 13.0. The SMILES string of the molecule is Cc1ccc(N2C(=O)c3ccccc3C2Nc2ccc(C)cc2Cl)nc1. The summed E-state index contributed by atoms with van der Waals surface area (Å²) in [5.74, 6) is 0.537. The van der Waals surface area contributed by atoms with E-state index in [1.165, 1.54) is 0 Å². The molecule has 1 atom stereocenters. The third kappa shape index (κ3) is 2.82. The lowest BCUT2D eigenvalue weighted by Crippen LogP contribution is -2.33. The molecular weight excluding hydrogens is 346 g/mol. The molecule has 0 aliphatic carbocycles. The fourth-order valence-corrected chi connectivity index (χ4v) is 3.47. The topological polar surface area (TPSA) is 45.2 Å². The molecule has 1 N–H and O–H groups in total. The highest BCUT2D eigenvalue weighted by molar-refractivity contribution is 6.33. The van der Waals surface area contributed by atoms with Crippen LogP contribution in [0.3, 0.4) is 0 Å². The van der Waals surface area contributed by atoms with Crippen molar-refractivity contribution in [3.8, 4) is 0 Å². The molecule has 4 rings (SSSR count). The van der Waals surface area contributed by atoms with Crippen molar-refractivity contribution < 1.29 is 4.79 Å². The lowest BCUT2D eigenvalue weighted by molar-refractivity contribution is 0.0992. The molecule has 0 radical (unpaired) electrons. The van der Waals surface area contributed by atoms with Crippen LogP contribution in [0.4, 0.5) is 11.5 Å². The van der Waals surface area contributed by atoms with E-state index in [1.807, 2.05) is 68.4 Å². The van der Waals surface area contributed by atoms with Gasteiger partial charge in [0.1, 0.15) is 12.0 Å². The smallest absolute Gasteiger partial charge is 0.261 e. The van der Waals surface area contributed by atoms with Crippen molar-refractivity contribution in [2.24, 2.45) is 0 Å². The lowest BCUT2D eigenvalue weighted by Gasteiger charge is -2.26. The van der Waals surface area contributed by atoms with E-state index in [4.69, 9.17) is 11.6 Å². The van der Waals surface area contributed by atoms with E-state index in [0.717, 1.165) is 22.4 Å². The summed E-state index contributed by atoms with van der Waals surface area (Å²) in [6, 6.07) is 17.3. The molecular formula is C21H18ClN3O. The molecule has 130 valence electrons. The minimum atomic E-state index is -0.367. The molecule has 1 aliphatic rings. The van der Waals surface area contributed by atoms with E-state index in [-0.39, 0.29) is 12.1 Å². The number of nitrogens with zero attached hydrogens (tertiary/aromatic N) is 2. The summed E-state index contributed by atoms with van der Waals surface area (Å²) in [6.45, 7) is 3.96. The summed E-state index contributed by atoms with van der Waals surface area (Å²) in [4.78, 5) is 19.2. The molecule has 0 spiro atoms. The Bertz CT molecular complexity index is 985. The minimum absolute atomic E-state index is 0.0716. The third-order valence-electron chi connectivity index (χ3n) is 4.52. The van der Waals surface area contributed by atoms with Gasteiger partial charge in [-0.1, -0.05) is 41.9 Å². The number of aryl methyl sites for hydroxylation is 2. The van der Waals surface area contributed by atoms with Crippen molar-refractivity contribution in [1.29, 1.82) is 0 Å². The number of carbonyl (C=O) groups is 1. The molecule has 0 bridgehead atoms. The van der Waals surface area contributed by atoms with Crippen molar-refractivity contribution in [1.82, 2.24) is 4.98 Å². The second-order valence-electron chi connectivity index (χ2n) is 6.49. The highest BCUT2D eigenvalue weighted by atomic mass is 35.5. The Morgan fingerprint density at radius 1 is 1.04 bits per heavy atom. The molecule has 2 heterocycles. The molecule has 0 saturated carbocycles. The summed E-state index contributed by atoms with van der Waals surface area (Å²) in [7, 11) is 0. The maximum Gasteiger partial charge on any atom is 0.261 e. The van der Waals surface area contributed by atoms with E-state index in [2.05, 4.69) is 10.3 Å². The highest BCUT2D eigenvalue weighted by Crippen LogP contribution is 2.38. The van der Waals surface area contributed by atoms with Gasteiger partial charge < -0.3 is 5.32 Å². The number of hydrogen-bond acceptors (Lipinski definition) is 3. The first-order valence-electron chi connectivity index (χ1n) is 8.42. The summed E-state index contributed by atoms with van der Waals surface area (Å²) < 4.78 is 0. The number of pyridine rings is 1. The van der Waals surface area contributed by atoms with E-state index < -0.39 is 0 Å². The van der Waals surface area contributed by atoms with Crippen LogP contribution >= 0.6 is 11.6 Å². The van der Waals surface area contributed by atoms with E-state index in [0.29, 0.717) is 16.4 Å². The van der Waals surface area contributed by atoms with Gasteiger partial charge in [-0.25, -0.2) is 4.98 Å². The van der Waals surface area contributed by atoms with E-state index >= 15 is 0 Å². The second kappa shape index (κ2) is 6.46. The summed E-state index contributed by atoms with van der Waals surface area (Å²) in [6.07, 6.45) is 1.40. The van der Waals surface area contributed by atoms with Gasteiger partial charge in [-0.05, 0) is 49.2 Å². The maximum absolute atomic E-state index is 13.0. The van der Waals surface area contributed by atoms with Gasteiger partial charge in [0.25, 0.3) is 5.91 Å². The Labute approximate surface area is 157 Å². The van der Waals surface area contributed by atoms with Crippen molar-refractivity contribution in [2.45, 2.75) is 20.0 Å². The molecule has 26 heavy (non-hydrogen) atoms. The van der Waals surface area contributed by atoms with Gasteiger partial charge >= 0.3 is 0 Å². The fraction of sp³-hybridized carbons (Fsp3) is 0.143. The van der Waals surface area contributed by atoms with Crippen LogP contribution in [0, 0.1) is 13.8 Å². The molecule has 0 saturated heterocycles. The van der Waals surface area contributed by atoms with Crippen LogP contribution in [0.5, 0.6) is 0 Å². The second-order valence-corrected chi connectivity index (χ2v) is 6.89. The normalized spacial score (nSPS) is 15.9. The molecule has 1 amide bonds. The van der Waals surface area contributed by atoms with Gasteiger partial charge in [0.15, 0.2) is 0 Å². The molecule has 5 heteroatoms. The summed E-state index contributed by atoms with van der Waals surface area (Å²) in [5.41, 5.74) is 4.50. The van der Waals surface area contributed by atoms with Crippen LogP contribution in [-0.2, 0) is 0 Å². The Balaban J connectivity index is 1.79. The molecule has 1 aromatic heterocycles. The highest BCUT2D eigenvalue weighted by Gasteiger charge is 2.38. The molecule has 3 aromatic rings. The van der Waals surface area contributed by atoms with Gasteiger partial charge in [-0.3, -0.25) is 9.69 Å². The van der Waals surface area contributed by atoms with Crippen molar-refractivity contribution in [2.75, 3.05) is 10.2 Å². The monoisotopic (exact) mass is 363 g/mol.